The second kappa shape index (κ2) is 7.16. The smallest absolute Gasteiger partial charge is 0.330 e. The van der Waals surface area contributed by atoms with Gasteiger partial charge >= 0.3 is 5.97 Å². The molecule has 0 bridgehead atoms. The Morgan fingerprint density at radius 3 is 2.62 bits per heavy atom. The normalized spacial score (nSPS) is 10.6. The summed E-state index contributed by atoms with van der Waals surface area (Å²) in [4.78, 5) is 10.8. The summed E-state index contributed by atoms with van der Waals surface area (Å²) in [6.07, 6.45) is 6.02. The molecule has 13 heavy (non-hydrogen) atoms. The van der Waals surface area contributed by atoms with Crippen molar-refractivity contribution in [1.82, 2.24) is 0 Å². The molecule has 0 radical (unpaired) electrons. The summed E-state index contributed by atoms with van der Waals surface area (Å²) >= 11 is 0. The highest BCUT2D eigenvalue weighted by atomic mass is 16.5. The van der Waals surface area contributed by atoms with Crippen LogP contribution in [0, 0.1) is 0 Å². The second-order valence-electron chi connectivity index (χ2n) is 2.20. The summed E-state index contributed by atoms with van der Waals surface area (Å²) in [5, 5.41) is 0. The molecule has 3 heteroatoms. The van der Waals surface area contributed by atoms with E-state index in [-0.39, 0.29) is 5.97 Å². The molecule has 0 aliphatic rings. The van der Waals surface area contributed by atoms with Crippen LogP contribution in [0.5, 0.6) is 0 Å². The van der Waals surface area contributed by atoms with Gasteiger partial charge in [0.25, 0.3) is 0 Å². The molecular formula is C10H14O3. The lowest BCUT2D eigenvalue weighted by molar-refractivity contribution is -0.137. The van der Waals surface area contributed by atoms with Crippen LogP contribution in [0.3, 0.4) is 0 Å². The quantitative estimate of drug-likeness (QED) is 0.281. The SMILES string of the molecule is C=C(/C=C\OC)/C=C/C(=O)OCC. The summed E-state index contributed by atoms with van der Waals surface area (Å²) in [5.74, 6) is -0.366. The number of rotatable bonds is 5. The van der Waals surface area contributed by atoms with E-state index in [0.29, 0.717) is 12.2 Å². The van der Waals surface area contributed by atoms with Crippen molar-refractivity contribution in [3.63, 3.8) is 0 Å². The number of carbonyl (C=O) groups excluding carboxylic acids is 1. The molecule has 3 nitrogen and oxygen atoms in total. The average Bonchev–Trinajstić information content (AvgIpc) is 2.12. The van der Waals surface area contributed by atoms with Gasteiger partial charge in [0, 0.05) is 6.08 Å². The molecule has 0 heterocycles. The third-order valence-electron chi connectivity index (χ3n) is 1.14. The molecule has 0 unspecified atom stereocenters. The predicted molar refractivity (Wildman–Crippen MR) is 51.1 cm³/mol. The van der Waals surface area contributed by atoms with Gasteiger partial charge in [0.1, 0.15) is 0 Å². The molecule has 0 saturated heterocycles. The molecule has 0 amide bonds. The number of allylic oxidation sites excluding steroid dienone is 3. The van der Waals surface area contributed by atoms with Gasteiger partial charge in [0.15, 0.2) is 0 Å². The van der Waals surface area contributed by atoms with Crippen molar-refractivity contribution < 1.29 is 14.3 Å². The molecular weight excluding hydrogens is 168 g/mol. The van der Waals surface area contributed by atoms with Crippen molar-refractivity contribution in [2.45, 2.75) is 6.92 Å². The Labute approximate surface area is 78.3 Å². The summed E-state index contributed by atoms with van der Waals surface area (Å²) < 4.78 is 9.35. The Morgan fingerprint density at radius 1 is 1.38 bits per heavy atom. The number of carbonyl (C=O) groups is 1. The molecule has 0 rings (SSSR count). The number of hydrogen-bond donors (Lipinski definition) is 0. The minimum absolute atomic E-state index is 0.366. The van der Waals surface area contributed by atoms with E-state index in [1.165, 1.54) is 12.3 Å². The van der Waals surface area contributed by atoms with E-state index in [1.54, 1.807) is 26.2 Å². The number of methoxy groups -OCH3 is 1. The van der Waals surface area contributed by atoms with Gasteiger partial charge in [-0.15, -0.1) is 0 Å². The Kier molecular flexibility index (Phi) is 6.32. The molecule has 0 N–H and O–H groups in total. The van der Waals surface area contributed by atoms with E-state index < -0.39 is 0 Å². The highest BCUT2D eigenvalue weighted by molar-refractivity contribution is 5.82. The van der Waals surface area contributed by atoms with Gasteiger partial charge in [0.05, 0.1) is 20.0 Å². The minimum Gasteiger partial charge on any atom is -0.504 e. The lowest BCUT2D eigenvalue weighted by Gasteiger charge is -1.94. The molecule has 0 aliphatic heterocycles. The molecule has 0 atom stereocenters. The van der Waals surface area contributed by atoms with Crippen LogP contribution in [-0.4, -0.2) is 19.7 Å². The van der Waals surface area contributed by atoms with E-state index >= 15 is 0 Å². The fourth-order valence-corrected chi connectivity index (χ4v) is 0.576. The maximum Gasteiger partial charge on any atom is 0.330 e. The molecule has 0 aliphatic carbocycles. The Morgan fingerprint density at radius 2 is 2.08 bits per heavy atom. The lowest BCUT2D eigenvalue weighted by atomic mass is 10.3. The van der Waals surface area contributed by atoms with Crippen molar-refractivity contribution in [2.24, 2.45) is 0 Å². The molecule has 72 valence electrons. The first-order valence-corrected chi connectivity index (χ1v) is 3.93. The number of ether oxygens (including phenoxy) is 2. The van der Waals surface area contributed by atoms with E-state index in [9.17, 15) is 4.79 Å². The molecule has 0 spiro atoms. The standard InChI is InChI=1S/C10H14O3/c1-4-13-10(11)6-5-9(2)7-8-12-3/h5-8H,2,4H2,1,3H3/b6-5+,8-7-. The van der Waals surface area contributed by atoms with Crippen molar-refractivity contribution in [3.05, 3.63) is 36.6 Å². The largest absolute Gasteiger partial charge is 0.504 e. The third kappa shape index (κ3) is 6.87. The lowest BCUT2D eigenvalue weighted by Crippen LogP contribution is -1.98. The molecule has 0 aromatic rings. The van der Waals surface area contributed by atoms with Gasteiger partial charge in [-0.05, 0) is 24.6 Å². The summed E-state index contributed by atoms with van der Waals surface area (Å²) in [6.45, 7) is 5.80. The van der Waals surface area contributed by atoms with E-state index in [1.807, 2.05) is 0 Å². The van der Waals surface area contributed by atoms with E-state index in [2.05, 4.69) is 16.1 Å². The van der Waals surface area contributed by atoms with Crippen LogP contribution in [-0.2, 0) is 14.3 Å². The summed E-state index contributed by atoms with van der Waals surface area (Å²) in [5.41, 5.74) is 0.676. The topological polar surface area (TPSA) is 35.5 Å². The Balaban J connectivity index is 3.90. The molecule has 0 aromatic heterocycles. The van der Waals surface area contributed by atoms with E-state index in [0.717, 1.165) is 0 Å². The van der Waals surface area contributed by atoms with Gasteiger partial charge in [-0.25, -0.2) is 4.79 Å². The zero-order chi connectivity index (χ0) is 10.1. The van der Waals surface area contributed by atoms with Gasteiger partial charge in [-0.3, -0.25) is 0 Å². The number of esters is 1. The monoisotopic (exact) mass is 182 g/mol. The van der Waals surface area contributed by atoms with Crippen LogP contribution < -0.4 is 0 Å². The first-order valence-electron chi connectivity index (χ1n) is 3.93. The Bertz CT molecular complexity index is 226. The second-order valence-corrected chi connectivity index (χ2v) is 2.20. The van der Waals surface area contributed by atoms with E-state index in [4.69, 9.17) is 0 Å². The first-order chi connectivity index (χ1) is 6.20. The van der Waals surface area contributed by atoms with Gasteiger partial charge in [-0.1, -0.05) is 6.58 Å². The van der Waals surface area contributed by atoms with Gasteiger partial charge in [-0.2, -0.15) is 0 Å². The maximum atomic E-state index is 10.8. The maximum absolute atomic E-state index is 10.8. The first kappa shape index (κ1) is 11.5. The van der Waals surface area contributed by atoms with Gasteiger partial charge in [0.2, 0.25) is 0 Å². The van der Waals surface area contributed by atoms with Crippen molar-refractivity contribution in [3.8, 4) is 0 Å². The van der Waals surface area contributed by atoms with Gasteiger partial charge < -0.3 is 9.47 Å². The summed E-state index contributed by atoms with van der Waals surface area (Å²) in [7, 11) is 1.54. The fraction of sp³-hybridized carbons (Fsp3) is 0.300. The van der Waals surface area contributed by atoms with Crippen LogP contribution in [0.1, 0.15) is 6.92 Å². The zero-order valence-electron chi connectivity index (χ0n) is 7.95. The highest BCUT2D eigenvalue weighted by Crippen LogP contribution is 1.95. The third-order valence-corrected chi connectivity index (χ3v) is 1.14. The molecule has 0 aromatic carbocycles. The average molecular weight is 182 g/mol. The van der Waals surface area contributed by atoms with Crippen molar-refractivity contribution >= 4 is 5.97 Å². The Hall–Kier alpha value is -1.51. The minimum atomic E-state index is -0.366. The molecule has 0 fully saturated rings. The van der Waals surface area contributed by atoms with Crippen molar-refractivity contribution in [2.75, 3.05) is 13.7 Å². The predicted octanol–water partition coefficient (Wildman–Crippen LogP) is 1.82. The molecule has 0 saturated carbocycles. The van der Waals surface area contributed by atoms with Crippen LogP contribution >= 0.6 is 0 Å². The van der Waals surface area contributed by atoms with Crippen LogP contribution in [0.15, 0.2) is 36.6 Å². The fourth-order valence-electron chi connectivity index (χ4n) is 0.576. The number of hydrogen-bond acceptors (Lipinski definition) is 3. The van der Waals surface area contributed by atoms with Crippen molar-refractivity contribution in [1.29, 1.82) is 0 Å². The van der Waals surface area contributed by atoms with Crippen LogP contribution in [0.2, 0.25) is 0 Å². The van der Waals surface area contributed by atoms with Crippen LogP contribution in [0.25, 0.3) is 0 Å². The summed E-state index contributed by atoms with van der Waals surface area (Å²) in [6, 6.07) is 0. The zero-order valence-corrected chi connectivity index (χ0v) is 7.95. The van der Waals surface area contributed by atoms with Crippen LogP contribution in [0.4, 0.5) is 0 Å². The highest BCUT2D eigenvalue weighted by Gasteiger charge is 1.91.